The molecule has 0 aromatic carbocycles. The summed E-state index contributed by atoms with van der Waals surface area (Å²) in [7, 11) is 0. The minimum Gasteiger partial charge on any atom is -0.389 e. The molecule has 1 N–H and O–H groups in total. The van der Waals surface area contributed by atoms with Crippen LogP contribution in [0.4, 0.5) is 0 Å². The number of ether oxygens (including phenoxy) is 1. The van der Waals surface area contributed by atoms with Crippen LogP contribution < -0.4 is 0 Å². The van der Waals surface area contributed by atoms with Crippen molar-refractivity contribution in [3.05, 3.63) is 21.9 Å². The first kappa shape index (κ1) is 15.0. The van der Waals surface area contributed by atoms with Crippen LogP contribution in [-0.2, 0) is 11.2 Å². The third kappa shape index (κ3) is 3.78. The number of aliphatic hydroxyl groups excluding tert-OH is 1. The van der Waals surface area contributed by atoms with Crippen LogP contribution in [0.3, 0.4) is 0 Å². The normalized spacial score (nSPS) is 21.6. The Morgan fingerprint density at radius 3 is 3.00 bits per heavy atom. The van der Waals surface area contributed by atoms with E-state index in [4.69, 9.17) is 4.74 Å². The van der Waals surface area contributed by atoms with E-state index >= 15 is 0 Å². The number of hydrogen-bond donors (Lipinski definition) is 1. The first-order valence-electron chi connectivity index (χ1n) is 7.21. The van der Waals surface area contributed by atoms with Gasteiger partial charge in [-0.05, 0) is 43.7 Å². The van der Waals surface area contributed by atoms with Gasteiger partial charge in [-0.3, -0.25) is 4.90 Å². The van der Waals surface area contributed by atoms with Crippen LogP contribution in [0.1, 0.15) is 43.7 Å². The predicted octanol–water partition coefficient (Wildman–Crippen LogP) is 2.84. The Bertz CT molecular complexity index is 391. The molecular weight excluding hydrogens is 258 g/mol. The van der Waals surface area contributed by atoms with Crippen LogP contribution in [0, 0.1) is 0 Å². The van der Waals surface area contributed by atoms with Gasteiger partial charge in [-0.2, -0.15) is 0 Å². The van der Waals surface area contributed by atoms with Crippen LogP contribution in [0.5, 0.6) is 0 Å². The summed E-state index contributed by atoms with van der Waals surface area (Å²) in [5.74, 6) is 0. The summed E-state index contributed by atoms with van der Waals surface area (Å²) in [4.78, 5) is 3.93. The van der Waals surface area contributed by atoms with Gasteiger partial charge in [-0.25, -0.2) is 0 Å². The van der Waals surface area contributed by atoms with Gasteiger partial charge in [0.05, 0.1) is 18.8 Å². The van der Waals surface area contributed by atoms with E-state index in [0.29, 0.717) is 19.2 Å². The lowest BCUT2D eigenvalue weighted by atomic mass is 9.97. The highest BCUT2D eigenvalue weighted by molar-refractivity contribution is 7.10. The third-order valence-corrected chi connectivity index (χ3v) is 4.66. The van der Waals surface area contributed by atoms with Crippen LogP contribution in [0.25, 0.3) is 0 Å². The quantitative estimate of drug-likeness (QED) is 0.871. The number of hydrogen-bond acceptors (Lipinski definition) is 4. The lowest BCUT2D eigenvalue weighted by Gasteiger charge is -2.36. The van der Waals surface area contributed by atoms with Crippen molar-refractivity contribution < 1.29 is 9.84 Å². The van der Waals surface area contributed by atoms with Gasteiger partial charge in [0.2, 0.25) is 0 Å². The Morgan fingerprint density at radius 1 is 1.53 bits per heavy atom. The van der Waals surface area contributed by atoms with Gasteiger partial charge in [0.25, 0.3) is 0 Å². The molecule has 0 bridgehead atoms. The Labute approximate surface area is 120 Å². The van der Waals surface area contributed by atoms with Crippen molar-refractivity contribution in [3.63, 3.8) is 0 Å². The van der Waals surface area contributed by atoms with Crippen molar-refractivity contribution in [2.75, 3.05) is 19.7 Å². The minimum absolute atomic E-state index is 0.182. The molecule has 0 aliphatic carbocycles. The Hall–Kier alpha value is -0.420. The summed E-state index contributed by atoms with van der Waals surface area (Å²) < 4.78 is 5.49. The van der Waals surface area contributed by atoms with E-state index in [1.54, 1.807) is 0 Å². The molecule has 19 heavy (non-hydrogen) atoms. The average Bonchev–Trinajstić information content (AvgIpc) is 2.84. The second-order valence-corrected chi connectivity index (χ2v) is 6.50. The SMILES string of the molecule is CCC1c2ccsc2CCN1CC(O)COC(C)C. The first-order chi connectivity index (χ1) is 9.11. The van der Waals surface area contributed by atoms with Gasteiger partial charge in [-0.15, -0.1) is 11.3 Å². The summed E-state index contributed by atoms with van der Waals surface area (Å²) in [6.07, 6.45) is 2.00. The smallest absolute Gasteiger partial charge is 0.0900 e. The molecule has 1 aromatic heterocycles. The molecule has 2 heterocycles. The molecule has 1 aromatic rings. The van der Waals surface area contributed by atoms with Crippen molar-refractivity contribution in [1.29, 1.82) is 0 Å². The van der Waals surface area contributed by atoms with Crippen LogP contribution >= 0.6 is 11.3 Å². The molecule has 2 unspecified atom stereocenters. The molecule has 0 radical (unpaired) electrons. The fraction of sp³-hybridized carbons (Fsp3) is 0.733. The molecule has 108 valence electrons. The molecule has 0 spiro atoms. The third-order valence-electron chi connectivity index (χ3n) is 3.66. The zero-order chi connectivity index (χ0) is 13.8. The van der Waals surface area contributed by atoms with Crippen molar-refractivity contribution in [2.45, 2.75) is 51.9 Å². The molecule has 1 aliphatic rings. The Morgan fingerprint density at radius 2 is 2.32 bits per heavy atom. The van der Waals surface area contributed by atoms with Gasteiger partial charge in [-0.1, -0.05) is 6.92 Å². The molecule has 0 saturated heterocycles. The van der Waals surface area contributed by atoms with Crippen LogP contribution in [0.2, 0.25) is 0 Å². The van der Waals surface area contributed by atoms with Gasteiger partial charge >= 0.3 is 0 Å². The predicted molar refractivity (Wildman–Crippen MR) is 79.7 cm³/mol. The summed E-state index contributed by atoms with van der Waals surface area (Å²) >= 11 is 1.87. The lowest BCUT2D eigenvalue weighted by Crippen LogP contribution is -2.41. The summed E-state index contributed by atoms with van der Waals surface area (Å²) in [6, 6.07) is 2.71. The lowest BCUT2D eigenvalue weighted by molar-refractivity contribution is -0.0157. The number of β-amino-alcohol motifs (C(OH)–C–C–N with tert-alkyl or cyclic N) is 1. The molecule has 2 atom stereocenters. The summed E-state index contributed by atoms with van der Waals surface area (Å²) in [5, 5.41) is 12.3. The second-order valence-electron chi connectivity index (χ2n) is 5.50. The van der Waals surface area contributed by atoms with E-state index in [1.807, 2.05) is 25.2 Å². The fourth-order valence-corrected chi connectivity index (χ4v) is 3.70. The molecule has 3 nitrogen and oxygen atoms in total. The molecule has 0 amide bonds. The Kier molecular flexibility index (Phi) is 5.39. The average molecular weight is 283 g/mol. The highest BCUT2D eigenvalue weighted by Crippen LogP contribution is 2.35. The fourth-order valence-electron chi connectivity index (χ4n) is 2.77. The topological polar surface area (TPSA) is 32.7 Å². The van der Waals surface area contributed by atoms with Gasteiger partial charge < -0.3 is 9.84 Å². The molecule has 1 aliphatic heterocycles. The number of aliphatic hydroxyl groups is 1. The molecule has 2 rings (SSSR count). The van der Waals surface area contributed by atoms with E-state index in [0.717, 1.165) is 19.4 Å². The van der Waals surface area contributed by atoms with Gasteiger partial charge in [0.15, 0.2) is 0 Å². The zero-order valence-corrected chi connectivity index (χ0v) is 12.9. The van der Waals surface area contributed by atoms with Crippen molar-refractivity contribution in [1.82, 2.24) is 4.90 Å². The molecule has 0 saturated carbocycles. The van der Waals surface area contributed by atoms with E-state index in [9.17, 15) is 5.11 Å². The number of fused-ring (bicyclic) bond motifs is 1. The monoisotopic (exact) mass is 283 g/mol. The van der Waals surface area contributed by atoms with Crippen LogP contribution in [-0.4, -0.2) is 41.9 Å². The van der Waals surface area contributed by atoms with Gasteiger partial charge in [0, 0.05) is 24.0 Å². The summed E-state index contributed by atoms with van der Waals surface area (Å²) in [5.41, 5.74) is 1.47. The standard InChI is InChI=1S/C15H25NO2S/c1-4-14-13-6-8-19-15(13)5-7-16(14)9-12(17)10-18-11(2)3/h6,8,11-12,14,17H,4-5,7,9-10H2,1-3H3. The van der Waals surface area contributed by atoms with E-state index in [-0.39, 0.29) is 6.10 Å². The maximum Gasteiger partial charge on any atom is 0.0900 e. The van der Waals surface area contributed by atoms with Gasteiger partial charge in [0.1, 0.15) is 0 Å². The minimum atomic E-state index is -0.392. The van der Waals surface area contributed by atoms with Crippen LogP contribution in [0.15, 0.2) is 11.4 Å². The van der Waals surface area contributed by atoms with E-state index in [1.165, 1.54) is 10.4 Å². The van der Waals surface area contributed by atoms with Crippen molar-refractivity contribution in [3.8, 4) is 0 Å². The largest absolute Gasteiger partial charge is 0.389 e. The van der Waals surface area contributed by atoms with Crippen molar-refractivity contribution >= 4 is 11.3 Å². The highest BCUT2D eigenvalue weighted by Gasteiger charge is 2.28. The van der Waals surface area contributed by atoms with E-state index in [2.05, 4.69) is 23.3 Å². The first-order valence-corrected chi connectivity index (χ1v) is 8.09. The summed E-state index contributed by atoms with van der Waals surface area (Å²) in [6.45, 7) is 8.41. The second kappa shape index (κ2) is 6.84. The Balaban J connectivity index is 1.94. The number of nitrogens with zero attached hydrogens (tertiary/aromatic N) is 1. The number of rotatable bonds is 6. The zero-order valence-electron chi connectivity index (χ0n) is 12.1. The maximum absolute atomic E-state index is 10.1. The molecule has 4 heteroatoms. The number of thiophene rings is 1. The molecular formula is C15H25NO2S. The highest BCUT2D eigenvalue weighted by atomic mass is 32.1. The molecule has 0 fully saturated rings. The van der Waals surface area contributed by atoms with E-state index < -0.39 is 6.10 Å². The maximum atomic E-state index is 10.1. The van der Waals surface area contributed by atoms with Crippen molar-refractivity contribution in [2.24, 2.45) is 0 Å².